The fourth-order valence-corrected chi connectivity index (χ4v) is 1.97. The van der Waals surface area contributed by atoms with Gasteiger partial charge in [-0.1, -0.05) is 0 Å². The summed E-state index contributed by atoms with van der Waals surface area (Å²) in [5, 5.41) is 10.6. The maximum Gasteiger partial charge on any atom is 0.357 e. The lowest BCUT2D eigenvalue weighted by Gasteiger charge is -1.82. The Labute approximate surface area is 72.1 Å². The van der Waals surface area contributed by atoms with Crippen LogP contribution in [0.2, 0.25) is 0 Å². The highest BCUT2D eigenvalue weighted by Gasteiger charge is 2.14. The van der Waals surface area contributed by atoms with Gasteiger partial charge in [-0.15, -0.1) is 11.3 Å². The second-order valence-electron chi connectivity index (χ2n) is 2.39. The number of nitrogens with zero attached hydrogens (tertiary/aromatic N) is 2. The highest BCUT2D eigenvalue weighted by molar-refractivity contribution is 7.15. The standard InChI is InChI=1S/C7H6N2O2S/c1-4-8-5(7(10)11)6-9(4)2-3-12-6/h2-3H,1H3,(H,10,11). The van der Waals surface area contributed by atoms with Crippen molar-refractivity contribution < 1.29 is 9.90 Å². The summed E-state index contributed by atoms with van der Waals surface area (Å²) in [6, 6.07) is 0. The molecule has 0 unspecified atom stereocenters. The van der Waals surface area contributed by atoms with Gasteiger partial charge in [-0.3, -0.25) is 4.40 Å². The summed E-state index contributed by atoms with van der Waals surface area (Å²) in [5.74, 6) is -0.258. The quantitative estimate of drug-likeness (QED) is 0.725. The van der Waals surface area contributed by atoms with Crippen molar-refractivity contribution in [3.05, 3.63) is 23.1 Å². The van der Waals surface area contributed by atoms with Gasteiger partial charge in [0.25, 0.3) is 0 Å². The summed E-state index contributed by atoms with van der Waals surface area (Å²) in [5.41, 5.74) is 0.141. The fourth-order valence-electron chi connectivity index (χ4n) is 1.11. The van der Waals surface area contributed by atoms with E-state index >= 15 is 0 Å². The number of aromatic nitrogens is 2. The lowest BCUT2D eigenvalue weighted by Crippen LogP contribution is -1.95. The second-order valence-corrected chi connectivity index (χ2v) is 3.29. The van der Waals surface area contributed by atoms with Gasteiger partial charge < -0.3 is 5.11 Å². The normalized spacial score (nSPS) is 10.8. The molecule has 0 saturated carbocycles. The molecule has 1 N–H and O–H groups in total. The summed E-state index contributed by atoms with van der Waals surface area (Å²) in [6.45, 7) is 1.78. The first kappa shape index (κ1) is 7.30. The van der Waals surface area contributed by atoms with Gasteiger partial charge in [-0.25, -0.2) is 9.78 Å². The topological polar surface area (TPSA) is 54.6 Å². The van der Waals surface area contributed by atoms with E-state index in [9.17, 15) is 4.79 Å². The Morgan fingerprint density at radius 2 is 2.50 bits per heavy atom. The van der Waals surface area contributed by atoms with Gasteiger partial charge in [0.15, 0.2) is 5.69 Å². The van der Waals surface area contributed by atoms with Crippen LogP contribution in [0.1, 0.15) is 16.3 Å². The van der Waals surface area contributed by atoms with Crippen molar-refractivity contribution >= 4 is 22.1 Å². The molecule has 2 rings (SSSR count). The molecule has 0 fully saturated rings. The Kier molecular flexibility index (Phi) is 1.41. The molecule has 4 nitrogen and oxygen atoms in total. The average Bonchev–Trinajstić information content (AvgIpc) is 2.53. The first-order chi connectivity index (χ1) is 5.70. The zero-order valence-corrected chi connectivity index (χ0v) is 7.13. The smallest absolute Gasteiger partial charge is 0.357 e. The van der Waals surface area contributed by atoms with Crippen LogP contribution in [0.5, 0.6) is 0 Å². The minimum Gasteiger partial charge on any atom is -0.476 e. The number of carboxylic acid groups (broad SMARTS) is 1. The number of hydrogen-bond donors (Lipinski definition) is 1. The number of carboxylic acids is 1. The third-order valence-electron chi connectivity index (χ3n) is 1.64. The van der Waals surface area contributed by atoms with Crippen LogP contribution in [0.15, 0.2) is 11.6 Å². The molecular formula is C7H6N2O2S. The van der Waals surface area contributed by atoms with E-state index < -0.39 is 5.97 Å². The summed E-state index contributed by atoms with van der Waals surface area (Å²) in [6.07, 6.45) is 1.81. The minimum absolute atomic E-state index is 0.141. The highest BCUT2D eigenvalue weighted by atomic mass is 32.1. The first-order valence-corrected chi connectivity index (χ1v) is 4.23. The van der Waals surface area contributed by atoms with Gasteiger partial charge in [0.05, 0.1) is 0 Å². The lowest BCUT2D eigenvalue weighted by atomic mass is 10.5. The molecule has 0 amide bonds. The summed E-state index contributed by atoms with van der Waals surface area (Å²) in [4.78, 5) is 15.3. The molecule has 0 aliphatic carbocycles. The number of carbonyl (C=O) groups is 1. The Morgan fingerprint density at radius 1 is 1.75 bits per heavy atom. The van der Waals surface area contributed by atoms with Gasteiger partial charge in [0.2, 0.25) is 0 Å². The molecule has 0 aliphatic rings. The van der Waals surface area contributed by atoms with Crippen LogP contribution in [0.25, 0.3) is 4.83 Å². The molecule has 62 valence electrons. The number of aromatic carboxylic acids is 1. The van der Waals surface area contributed by atoms with Crippen molar-refractivity contribution in [3.8, 4) is 0 Å². The lowest BCUT2D eigenvalue weighted by molar-refractivity contribution is 0.0693. The number of aryl methyl sites for hydroxylation is 1. The van der Waals surface area contributed by atoms with Crippen molar-refractivity contribution in [1.29, 1.82) is 0 Å². The van der Waals surface area contributed by atoms with E-state index in [-0.39, 0.29) is 5.69 Å². The number of hydrogen-bond acceptors (Lipinski definition) is 3. The maximum atomic E-state index is 10.7. The van der Waals surface area contributed by atoms with E-state index in [1.165, 1.54) is 11.3 Å². The highest BCUT2D eigenvalue weighted by Crippen LogP contribution is 2.18. The van der Waals surface area contributed by atoms with E-state index in [1.54, 1.807) is 11.3 Å². The van der Waals surface area contributed by atoms with E-state index in [2.05, 4.69) is 4.98 Å². The molecule has 2 aromatic rings. The van der Waals surface area contributed by atoms with Gasteiger partial charge in [0.1, 0.15) is 10.7 Å². The number of fused-ring (bicyclic) bond motifs is 1. The Balaban J connectivity index is 2.83. The van der Waals surface area contributed by atoms with Crippen LogP contribution in [0, 0.1) is 6.92 Å². The SMILES string of the molecule is Cc1nc(C(=O)O)c2sccn12. The van der Waals surface area contributed by atoms with E-state index in [4.69, 9.17) is 5.11 Å². The van der Waals surface area contributed by atoms with Crippen molar-refractivity contribution in [1.82, 2.24) is 9.38 Å². The molecule has 0 aromatic carbocycles. The van der Waals surface area contributed by atoms with Crippen LogP contribution in [0.3, 0.4) is 0 Å². The Hall–Kier alpha value is -1.36. The molecule has 0 saturated heterocycles. The van der Waals surface area contributed by atoms with E-state index in [1.807, 2.05) is 11.6 Å². The average molecular weight is 182 g/mol. The molecule has 2 heterocycles. The van der Waals surface area contributed by atoms with Crippen LogP contribution in [0.4, 0.5) is 0 Å². The molecule has 2 aromatic heterocycles. The van der Waals surface area contributed by atoms with E-state index in [0.29, 0.717) is 10.7 Å². The maximum absolute atomic E-state index is 10.7. The third-order valence-corrected chi connectivity index (χ3v) is 2.51. The summed E-state index contributed by atoms with van der Waals surface area (Å²) < 4.78 is 1.77. The van der Waals surface area contributed by atoms with Crippen LogP contribution in [-0.2, 0) is 0 Å². The molecule has 0 radical (unpaired) electrons. The number of imidazole rings is 1. The molecule has 12 heavy (non-hydrogen) atoms. The van der Waals surface area contributed by atoms with E-state index in [0.717, 1.165) is 0 Å². The first-order valence-electron chi connectivity index (χ1n) is 3.35. The third kappa shape index (κ3) is 0.831. The number of rotatable bonds is 1. The summed E-state index contributed by atoms with van der Waals surface area (Å²) in [7, 11) is 0. The minimum atomic E-state index is -0.969. The van der Waals surface area contributed by atoms with Gasteiger partial charge >= 0.3 is 5.97 Å². The predicted molar refractivity (Wildman–Crippen MR) is 44.8 cm³/mol. The molecule has 0 bridgehead atoms. The van der Waals surface area contributed by atoms with Gasteiger partial charge in [0, 0.05) is 11.6 Å². The predicted octanol–water partition coefficient (Wildman–Crippen LogP) is 1.40. The molecular weight excluding hydrogens is 176 g/mol. The van der Waals surface area contributed by atoms with Crippen molar-refractivity contribution in [2.24, 2.45) is 0 Å². The van der Waals surface area contributed by atoms with Crippen molar-refractivity contribution in [3.63, 3.8) is 0 Å². The van der Waals surface area contributed by atoms with Crippen LogP contribution < -0.4 is 0 Å². The van der Waals surface area contributed by atoms with Crippen LogP contribution in [-0.4, -0.2) is 20.5 Å². The second kappa shape index (κ2) is 2.31. The fraction of sp³-hybridized carbons (Fsp3) is 0.143. The van der Waals surface area contributed by atoms with Crippen molar-refractivity contribution in [2.45, 2.75) is 6.92 Å². The monoisotopic (exact) mass is 182 g/mol. The Morgan fingerprint density at radius 3 is 3.17 bits per heavy atom. The molecule has 0 aliphatic heterocycles. The van der Waals surface area contributed by atoms with Crippen molar-refractivity contribution in [2.75, 3.05) is 0 Å². The zero-order valence-electron chi connectivity index (χ0n) is 6.31. The molecule has 0 spiro atoms. The summed E-state index contributed by atoms with van der Waals surface area (Å²) >= 11 is 1.38. The zero-order chi connectivity index (χ0) is 8.72. The molecule has 5 heteroatoms. The largest absolute Gasteiger partial charge is 0.476 e. The van der Waals surface area contributed by atoms with Gasteiger partial charge in [-0.2, -0.15) is 0 Å². The van der Waals surface area contributed by atoms with Gasteiger partial charge in [-0.05, 0) is 6.92 Å². The Bertz CT molecular complexity index is 443. The molecule has 0 atom stereocenters. The van der Waals surface area contributed by atoms with Crippen LogP contribution >= 0.6 is 11.3 Å². The number of thiazole rings is 1.